The molecule has 1 aliphatic heterocycles. The van der Waals surface area contributed by atoms with Crippen LogP contribution < -0.4 is 10.6 Å². The Morgan fingerprint density at radius 1 is 1.00 bits per heavy atom. The van der Waals surface area contributed by atoms with Crippen molar-refractivity contribution in [2.24, 2.45) is 0 Å². The van der Waals surface area contributed by atoms with E-state index in [9.17, 15) is 23.1 Å². The second kappa shape index (κ2) is 26.0. The van der Waals surface area contributed by atoms with Crippen molar-refractivity contribution in [2.75, 3.05) is 51.6 Å². The second-order valence-electron chi connectivity index (χ2n) is 12.3. The van der Waals surface area contributed by atoms with Gasteiger partial charge in [0, 0.05) is 37.3 Å². The summed E-state index contributed by atoms with van der Waals surface area (Å²) in [6, 6.07) is 22.6. The molecule has 3 aromatic carbocycles. The van der Waals surface area contributed by atoms with Crippen LogP contribution in [0.2, 0.25) is 0 Å². The van der Waals surface area contributed by atoms with Crippen LogP contribution in [-0.2, 0) is 31.7 Å². The Bertz CT molecular complexity index is 1540. The van der Waals surface area contributed by atoms with Gasteiger partial charge in [-0.3, -0.25) is 9.69 Å². The molecule has 3 aromatic rings. The number of hydrogen-bond donors (Lipinski definition) is 5. The number of carboxylic acid groups (broad SMARTS) is 1. The monoisotopic (exact) mass is 761 g/mol. The summed E-state index contributed by atoms with van der Waals surface area (Å²) in [5.41, 5.74) is 5.27. The first-order valence-electron chi connectivity index (χ1n) is 17.4. The van der Waals surface area contributed by atoms with Crippen LogP contribution in [0.1, 0.15) is 66.6 Å². The number of thiol groups is 2. The van der Waals surface area contributed by atoms with Crippen LogP contribution in [0, 0.1) is 6.92 Å². The fourth-order valence-electron chi connectivity index (χ4n) is 5.36. The molecule has 0 spiro atoms. The molecule has 284 valence electrons. The molecule has 1 amide bonds. The van der Waals surface area contributed by atoms with E-state index in [1.165, 1.54) is 12.0 Å². The van der Waals surface area contributed by atoms with E-state index < -0.39 is 27.8 Å². The Morgan fingerprint density at radius 2 is 1.65 bits per heavy atom. The molecule has 51 heavy (non-hydrogen) atoms. The number of likely N-dealkylation sites (tertiary alicyclic amines) is 1. The molecule has 0 saturated carbocycles. The Kier molecular flexibility index (Phi) is 23.5. The van der Waals surface area contributed by atoms with E-state index in [1.807, 2.05) is 75.5 Å². The van der Waals surface area contributed by atoms with Crippen LogP contribution in [0.3, 0.4) is 0 Å². The smallest absolute Gasteiger partial charge is 0.326 e. The fraction of sp³-hybridized carbons (Fsp3) is 0.487. The summed E-state index contributed by atoms with van der Waals surface area (Å²) in [6.45, 7) is 9.62. The van der Waals surface area contributed by atoms with Crippen LogP contribution in [-0.4, -0.2) is 94.0 Å². The van der Waals surface area contributed by atoms with Gasteiger partial charge in [0.2, 0.25) is 0 Å². The highest BCUT2D eigenvalue weighted by atomic mass is 32.2. The Balaban J connectivity index is 0.000000670. The number of benzene rings is 3. The topological polar surface area (TPSA) is 125 Å². The largest absolute Gasteiger partial charge is 0.480 e. The number of hydrogen-bond acceptors (Lipinski definition) is 9. The predicted molar refractivity (Wildman–Crippen MR) is 218 cm³/mol. The molecule has 1 saturated heterocycles. The third-order valence-corrected chi connectivity index (χ3v) is 9.26. The average Bonchev–Trinajstić information content (AvgIpc) is 3.54. The van der Waals surface area contributed by atoms with Gasteiger partial charge in [-0.1, -0.05) is 74.5 Å². The molecule has 12 heteroatoms. The summed E-state index contributed by atoms with van der Waals surface area (Å²) in [6.07, 6.45) is 4.27. The zero-order valence-corrected chi connectivity index (χ0v) is 33.7. The molecule has 3 N–H and O–H groups in total. The number of aryl methyl sites for hydroxylation is 1. The van der Waals surface area contributed by atoms with Crippen molar-refractivity contribution in [3.05, 3.63) is 95.1 Å². The van der Waals surface area contributed by atoms with E-state index in [0.29, 0.717) is 23.8 Å². The first kappa shape index (κ1) is 46.2. The standard InChI is InChI=1S/C26H34N2O6S.C7H8S.C4H11N.C2H6S/c1-18-7-4-5-9-21(18)23-15-19(16-28-13-6-8-20(28)17-34-2)10-11-22(23)25(29)27-24(26(30)31)12-14-35(3,32)33;8-6-7-4-2-1-3-5-7;1-3-4-5-2;1-2-3/h4-5,7,9-11,15,20,24H,6,8,12-14,16-17H2,1-3H3,(H,27,29)(H,30,31);1-5,8H,6H2;5H,3-4H2,1-2H3;3H,2H2,1H3. The average molecular weight is 762 g/mol. The van der Waals surface area contributed by atoms with E-state index in [1.54, 1.807) is 13.2 Å². The van der Waals surface area contributed by atoms with Gasteiger partial charge in [0.05, 0.1) is 12.4 Å². The minimum absolute atomic E-state index is 0.201. The highest BCUT2D eigenvalue weighted by Crippen LogP contribution is 2.30. The van der Waals surface area contributed by atoms with Gasteiger partial charge in [-0.2, -0.15) is 25.3 Å². The van der Waals surface area contributed by atoms with Crippen LogP contribution in [0.15, 0.2) is 72.8 Å². The second-order valence-corrected chi connectivity index (χ2v) is 15.5. The van der Waals surface area contributed by atoms with E-state index in [4.69, 9.17) is 4.74 Å². The third-order valence-electron chi connectivity index (χ3n) is 7.91. The molecule has 0 bridgehead atoms. The molecule has 1 aliphatic rings. The molecular weight excluding hydrogens is 703 g/mol. The summed E-state index contributed by atoms with van der Waals surface area (Å²) in [5.74, 6) is -0.365. The molecule has 4 rings (SSSR count). The number of amides is 1. The molecular formula is C39H59N3O6S3. The van der Waals surface area contributed by atoms with Gasteiger partial charge in [0.15, 0.2) is 0 Å². The Hall–Kier alpha value is -2.87. The number of carboxylic acids is 1. The fourth-order valence-corrected chi connectivity index (χ4v) is 6.24. The van der Waals surface area contributed by atoms with Gasteiger partial charge >= 0.3 is 5.97 Å². The number of nitrogens with one attached hydrogen (secondary N) is 2. The molecule has 9 nitrogen and oxygen atoms in total. The molecule has 2 unspecified atom stereocenters. The van der Waals surface area contributed by atoms with Gasteiger partial charge in [0.25, 0.3) is 5.91 Å². The first-order chi connectivity index (χ1) is 24.3. The molecule has 1 fully saturated rings. The molecule has 1 heterocycles. The Morgan fingerprint density at radius 3 is 2.16 bits per heavy atom. The summed E-state index contributed by atoms with van der Waals surface area (Å²) in [4.78, 5) is 27.3. The number of sulfone groups is 1. The van der Waals surface area contributed by atoms with Crippen LogP contribution in [0.25, 0.3) is 11.1 Å². The SMILES string of the molecule is CCCNC.CCS.COCC1CCCN1Cc1ccc(C(=O)NC(CCS(C)(=O)=O)C(=O)O)c(-c2ccccc2C)c1.SCc1ccccc1. The molecule has 0 aromatic heterocycles. The predicted octanol–water partition coefficient (Wildman–Crippen LogP) is 6.56. The maximum Gasteiger partial charge on any atom is 0.326 e. The lowest BCUT2D eigenvalue weighted by Gasteiger charge is -2.24. The van der Waals surface area contributed by atoms with Crippen molar-refractivity contribution >= 4 is 47.0 Å². The minimum atomic E-state index is -3.36. The van der Waals surface area contributed by atoms with E-state index >= 15 is 0 Å². The third kappa shape index (κ3) is 18.4. The summed E-state index contributed by atoms with van der Waals surface area (Å²) in [7, 11) is 0.307. The maximum absolute atomic E-state index is 13.2. The Labute approximate surface area is 317 Å². The zero-order valence-electron chi connectivity index (χ0n) is 31.1. The summed E-state index contributed by atoms with van der Waals surface area (Å²) >= 11 is 7.90. The number of ether oxygens (including phenoxy) is 1. The van der Waals surface area contributed by atoms with Crippen molar-refractivity contribution in [1.82, 2.24) is 15.5 Å². The van der Waals surface area contributed by atoms with Crippen molar-refractivity contribution in [3.63, 3.8) is 0 Å². The van der Waals surface area contributed by atoms with Crippen molar-refractivity contribution in [1.29, 1.82) is 0 Å². The lowest BCUT2D eigenvalue weighted by atomic mass is 9.93. The lowest BCUT2D eigenvalue weighted by Crippen LogP contribution is -2.42. The summed E-state index contributed by atoms with van der Waals surface area (Å²) < 4.78 is 28.4. The number of rotatable bonds is 14. The number of carbonyl (C=O) groups excluding carboxylic acids is 1. The van der Waals surface area contributed by atoms with Crippen molar-refractivity contribution in [2.45, 2.75) is 70.8 Å². The van der Waals surface area contributed by atoms with Crippen molar-refractivity contribution in [3.8, 4) is 11.1 Å². The maximum atomic E-state index is 13.2. The van der Waals surface area contributed by atoms with Crippen molar-refractivity contribution < 1.29 is 27.9 Å². The van der Waals surface area contributed by atoms with Gasteiger partial charge in [-0.15, -0.1) is 0 Å². The quantitative estimate of drug-likeness (QED) is 0.117. The van der Waals surface area contributed by atoms with E-state index in [-0.39, 0.29) is 12.2 Å². The first-order valence-corrected chi connectivity index (χ1v) is 20.7. The van der Waals surface area contributed by atoms with E-state index in [2.05, 4.69) is 59.8 Å². The zero-order chi connectivity index (χ0) is 38.2. The highest BCUT2D eigenvalue weighted by Gasteiger charge is 2.26. The van der Waals surface area contributed by atoms with Crippen LogP contribution in [0.4, 0.5) is 0 Å². The number of nitrogens with zero attached hydrogens (tertiary/aromatic N) is 1. The van der Waals surface area contributed by atoms with Crippen LogP contribution in [0.5, 0.6) is 0 Å². The van der Waals surface area contributed by atoms with Gasteiger partial charge in [-0.05, 0) is 98.4 Å². The van der Waals surface area contributed by atoms with E-state index in [0.717, 1.165) is 66.9 Å². The molecule has 0 aliphatic carbocycles. The minimum Gasteiger partial charge on any atom is -0.480 e. The highest BCUT2D eigenvalue weighted by molar-refractivity contribution is 7.90. The molecule has 0 radical (unpaired) electrons. The lowest BCUT2D eigenvalue weighted by molar-refractivity contribution is -0.139. The number of carbonyl (C=O) groups is 2. The van der Waals surface area contributed by atoms with Gasteiger partial charge in [-0.25, -0.2) is 13.2 Å². The van der Waals surface area contributed by atoms with Crippen LogP contribution >= 0.6 is 25.3 Å². The molecule has 2 atom stereocenters. The normalized spacial score (nSPS) is 14.5. The number of methoxy groups -OCH3 is 1. The number of aliphatic carboxylic acids is 1. The van der Waals surface area contributed by atoms with Gasteiger partial charge < -0.3 is 20.5 Å². The summed E-state index contributed by atoms with van der Waals surface area (Å²) in [5, 5.41) is 15.1. The van der Waals surface area contributed by atoms with Gasteiger partial charge in [0.1, 0.15) is 15.9 Å².